The normalized spacial score (nSPS) is 18.3. The van der Waals surface area contributed by atoms with Crippen LogP contribution in [-0.2, 0) is 19.3 Å². The standard InChI is InChI=1S/C25H29F2N5OS/c1-3-4-21-29-23(22-17-7-5-15(2)13-20(17)34-24(22)30-21)31-9-11-32(12-10-31)25(33)28-19-8-6-16(26)14-18(19)27/h6,8,14-15H,3-5,7,9-13H2,1-2H3,(H,28,33)/t15-/m0/s1. The molecule has 34 heavy (non-hydrogen) atoms. The number of hydrogen-bond acceptors (Lipinski definition) is 5. The fourth-order valence-electron chi connectivity index (χ4n) is 4.84. The van der Waals surface area contributed by atoms with Crippen LogP contribution in [0.2, 0.25) is 0 Å². The number of amides is 2. The van der Waals surface area contributed by atoms with Gasteiger partial charge in [0.1, 0.15) is 28.1 Å². The maximum atomic E-state index is 13.9. The van der Waals surface area contributed by atoms with E-state index in [-0.39, 0.29) is 11.7 Å². The summed E-state index contributed by atoms with van der Waals surface area (Å²) in [6.07, 6.45) is 5.18. The van der Waals surface area contributed by atoms with Crippen molar-refractivity contribution >= 4 is 39.1 Å². The molecule has 0 unspecified atom stereocenters. The van der Waals surface area contributed by atoms with Gasteiger partial charge in [0.2, 0.25) is 0 Å². The third-order valence-electron chi connectivity index (χ3n) is 6.70. The van der Waals surface area contributed by atoms with E-state index in [9.17, 15) is 13.6 Å². The average Bonchev–Trinajstić information content (AvgIpc) is 3.18. The molecule has 1 aliphatic heterocycles. The topological polar surface area (TPSA) is 61.4 Å². The molecule has 1 aliphatic carbocycles. The maximum absolute atomic E-state index is 13.9. The largest absolute Gasteiger partial charge is 0.352 e. The summed E-state index contributed by atoms with van der Waals surface area (Å²) in [7, 11) is 0. The number of nitrogens with one attached hydrogen (secondary N) is 1. The quantitative estimate of drug-likeness (QED) is 0.538. The number of hydrogen-bond donors (Lipinski definition) is 1. The van der Waals surface area contributed by atoms with Crippen LogP contribution in [0.25, 0.3) is 10.2 Å². The zero-order chi connectivity index (χ0) is 23.8. The van der Waals surface area contributed by atoms with E-state index in [1.807, 2.05) is 11.3 Å². The first-order valence-corrected chi connectivity index (χ1v) is 12.8. The van der Waals surface area contributed by atoms with Gasteiger partial charge in [0.05, 0.1) is 11.1 Å². The summed E-state index contributed by atoms with van der Waals surface area (Å²) in [6, 6.07) is 2.76. The fraction of sp³-hybridized carbons (Fsp3) is 0.480. The van der Waals surface area contributed by atoms with Crippen molar-refractivity contribution in [3.63, 3.8) is 0 Å². The Kier molecular flexibility index (Phi) is 6.38. The molecule has 2 aliphatic rings. The third-order valence-corrected chi connectivity index (χ3v) is 7.84. The molecule has 0 radical (unpaired) electrons. The molecular weight excluding hydrogens is 456 g/mol. The average molecular weight is 486 g/mol. The van der Waals surface area contributed by atoms with Gasteiger partial charge in [-0.3, -0.25) is 0 Å². The van der Waals surface area contributed by atoms with Crippen molar-refractivity contribution < 1.29 is 13.6 Å². The number of anilines is 2. The van der Waals surface area contributed by atoms with E-state index in [4.69, 9.17) is 9.97 Å². The van der Waals surface area contributed by atoms with Crippen LogP contribution in [0.5, 0.6) is 0 Å². The van der Waals surface area contributed by atoms with E-state index in [1.165, 1.54) is 28.3 Å². The smallest absolute Gasteiger partial charge is 0.322 e. The Labute approximate surface area is 202 Å². The second-order valence-electron chi connectivity index (χ2n) is 9.27. The second-order valence-corrected chi connectivity index (χ2v) is 10.4. The molecule has 1 atom stereocenters. The first-order valence-electron chi connectivity index (χ1n) is 12.0. The van der Waals surface area contributed by atoms with Crippen LogP contribution in [0.1, 0.15) is 43.0 Å². The van der Waals surface area contributed by atoms with E-state index < -0.39 is 11.6 Å². The highest BCUT2D eigenvalue weighted by molar-refractivity contribution is 7.19. The van der Waals surface area contributed by atoms with Crippen LogP contribution in [0.3, 0.4) is 0 Å². The Morgan fingerprint density at radius 2 is 2.00 bits per heavy atom. The molecule has 2 amide bonds. The molecule has 9 heteroatoms. The van der Waals surface area contributed by atoms with E-state index in [0.717, 1.165) is 54.3 Å². The maximum Gasteiger partial charge on any atom is 0.322 e. The number of carbonyl (C=O) groups excluding carboxylic acids is 1. The van der Waals surface area contributed by atoms with Crippen molar-refractivity contribution in [2.45, 2.75) is 46.0 Å². The molecule has 0 saturated carbocycles. The van der Waals surface area contributed by atoms with Gasteiger partial charge in [-0.2, -0.15) is 0 Å². The van der Waals surface area contributed by atoms with E-state index in [2.05, 4.69) is 24.1 Å². The minimum Gasteiger partial charge on any atom is -0.352 e. The molecule has 180 valence electrons. The van der Waals surface area contributed by atoms with E-state index in [1.54, 1.807) is 4.90 Å². The summed E-state index contributed by atoms with van der Waals surface area (Å²) >= 11 is 1.82. The molecule has 0 spiro atoms. The number of aryl methyl sites for hydroxylation is 2. The van der Waals surface area contributed by atoms with Crippen molar-refractivity contribution in [2.24, 2.45) is 5.92 Å². The number of aromatic nitrogens is 2. The highest BCUT2D eigenvalue weighted by atomic mass is 32.1. The monoisotopic (exact) mass is 485 g/mol. The Hall–Kier alpha value is -2.81. The van der Waals surface area contributed by atoms with Crippen molar-refractivity contribution in [1.29, 1.82) is 0 Å². The Morgan fingerprint density at radius 3 is 2.74 bits per heavy atom. The van der Waals surface area contributed by atoms with Crippen molar-refractivity contribution in [3.8, 4) is 0 Å². The predicted molar refractivity (Wildman–Crippen MR) is 132 cm³/mol. The summed E-state index contributed by atoms with van der Waals surface area (Å²) in [6.45, 7) is 6.70. The molecule has 1 saturated heterocycles. The second kappa shape index (κ2) is 9.44. The lowest BCUT2D eigenvalue weighted by molar-refractivity contribution is 0.208. The Morgan fingerprint density at radius 1 is 1.21 bits per heavy atom. The SMILES string of the molecule is CCCc1nc(N2CCN(C(=O)Nc3ccc(F)cc3F)CC2)c2c3c(sc2n1)C[C@@H](C)CC3. The van der Waals surface area contributed by atoms with Crippen LogP contribution in [0.4, 0.5) is 25.1 Å². The zero-order valence-corrected chi connectivity index (χ0v) is 20.4. The first kappa shape index (κ1) is 23.0. The molecule has 1 aromatic carbocycles. The third kappa shape index (κ3) is 4.45. The minimum absolute atomic E-state index is 0.0188. The fourth-order valence-corrected chi connectivity index (χ4v) is 6.23. The van der Waals surface area contributed by atoms with Gasteiger partial charge in [0.15, 0.2) is 0 Å². The van der Waals surface area contributed by atoms with Gasteiger partial charge in [-0.05, 0) is 49.3 Å². The molecule has 1 N–H and O–H groups in total. The number of piperazine rings is 1. The van der Waals surface area contributed by atoms with Gasteiger partial charge < -0.3 is 15.1 Å². The van der Waals surface area contributed by atoms with Gasteiger partial charge in [0.25, 0.3) is 0 Å². The molecule has 3 aromatic rings. The van der Waals surface area contributed by atoms with Gasteiger partial charge in [0, 0.05) is 43.5 Å². The highest BCUT2D eigenvalue weighted by Crippen LogP contribution is 2.41. The lowest BCUT2D eigenvalue weighted by Gasteiger charge is -2.36. The van der Waals surface area contributed by atoms with Crippen LogP contribution in [-0.4, -0.2) is 47.1 Å². The van der Waals surface area contributed by atoms with Gasteiger partial charge in [-0.1, -0.05) is 13.8 Å². The molecule has 5 rings (SSSR count). The number of thiophene rings is 1. The summed E-state index contributed by atoms with van der Waals surface area (Å²) in [5.74, 6) is 1.11. The van der Waals surface area contributed by atoms with Gasteiger partial charge >= 0.3 is 6.03 Å². The highest BCUT2D eigenvalue weighted by Gasteiger charge is 2.28. The molecule has 2 aromatic heterocycles. The number of nitrogens with zero attached hydrogens (tertiary/aromatic N) is 4. The molecule has 3 heterocycles. The van der Waals surface area contributed by atoms with Crippen LogP contribution < -0.4 is 10.2 Å². The van der Waals surface area contributed by atoms with Crippen molar-refractivity contribution in [2.75, 3.05) is 36.4 Å². The van der Waals surface area contributed by atoms with E-state index in [0.29, 0.717) is 32.1 Å². The Bertz CT molecular complexity index is 1220. The summed E-state index contributed by atoms with van der Waals surface area (Å²) < 4.78 is 27.1. The number of halogens is 2. The molecule has 6 nitrogen and oxygen atoms in total. The van der Waals surface area contributed by atoms with Crippen LogP contribution >= 0.6 is 11.3 Å². The number of urea groups is 1. The molecular formula is C25H29F2N5OS. The van der Waals surface area contributed by atoms with E-state index >= 15 is 0 Å². The predicted octanol–water partition coefficient (Wildman–Crippen LogP) is 5.40. The molecule has 0 bridgehead atoms. The summed E-state index contributed by atoms with van der Waals surface area (Å²) in [5, 5.41) is 3.75. The lowest BCUT2D eigenvalue weighted by atomic mass is 9.89. The molecule has 1 fully saturated rings. The summed E-state index contributed by atoms with van der Waals surface area (Å²) in [5.41, 5.74) is 1.39. The summed E-state index contributed by atoms with van der Waals surface area (Å²) in [4.78, 5) is 29.0. The Balaban J connectivity index is 1.36. The first-order chi connectivity index (χ1) is 16.4. The number of fused-ring (bicyclic) bond motifs is 3. The number of rotatable bonds is 4. The lowest BCUT2D eigenvalue weighted by Crippen LogP contribution is -2.50. The van der Waals surface area contributed by atoms with Crippen LogP contribution in [0.15, 0.2) is 18.2 Å². The minimum atomic E-state index is -0.782. The number of carbonyl (C=O) groups is 1. The number of benzene rings is 1. The van der Waals surface area contributed by atoms with Crippen molar-refractivity contribution in [3.05, 3.63) is 46.1 Å². The van der Waals surface area contributed by atoms with Gasteiger partial charge in [-0.15, -0.1) is 11.3 Å². The van der Waals surface area contributed by atoms with Crippen LogP contribution in [0, 0.1) is 17.6 Å². The zero-order valence-electron chi connectivity index (χ0n) is 19.5. The van der Waals surface area contributed by atoms with Gasteiger partial charge in [-0.25, -0.2) is 23.5 Å². The van der Waals surface area contributed by atoms with Crippen molar-refractivity contribution in [1.82, 2.24) is 14.9 Å².